The first-order valence-corrected chi connectivity index (χ1v) is 11.2. The van der Waals surface area contributed by atoms with Crippen molar-refractivity contribution in [1.82, 2.24) is 14.9 Å². The summed E-state index contributed by atoms with van der Waals surface area (Å²) in [4.78, 5) is 32.2. The minimum absolute atomic E-state index is 0.0879. The van der Waals surface area contributed by atoms with Gasteiger partial charge in [0.2, 0.25) is 5.91 Å². The number of nitrogens with zero attached hydrogens (tertiary/aromatic N) is 2. The minimum Gasteiger partial charge on any atom is -0.497 e. The van der Waals surface area contributed by atoms with Crippen LogP contribution in [-0.2, 0) is 17.9 Å². The van der Waals surface area contributed by atoms with Gasteiger partial charge in [-0.05, 0) is 44.0 Å². The Labute approximate surface area is 184 Å². The number of allylic oxidation sites excluding steroid dienone is 1. The second-order valence-electron chi connectivity index (χ2n) is 6.89. The molecule has 3 aromatic rings. The number of nitrogens with one attached hydrogen (secondary N) is 1. The van der Waals surface area contributed by atoms with Crippen LogP contribution >= 0.6 is 23.1 Å². The van der Waals surface area contributed by atoms with Crippen molar-refractivity contribution < 1.29 is 9.53 Å². The molecule has 8 heteroatoms. The number of benzene rings is 1. The lowest BCUT2D eigenvalue weighted by atomic mass is 10.2. The SMILES string of the molecule is C=CCn1c(SC(C)C(=O)NCc2ccc(OC)cc2)nc2sc(C)c(C)c2c1=O. The van der Waals surface area contributed by atoms with Crippen molar-refractivity contribution in [2.24, 2.45) is 0 Å². The Morgan fingerprint density at radius 2 is 2.07 bits per heavy atom. The van der Waals surface area contributed by atoms with Crippen LogP contribution in [0.2, 0.25) is 0 Å². The van der Waals surface area contributed by atoms with Gasteiger partial charge in [-0.2, -0.15) is 0 Å². The third-order valence-electron chi connectivity index (χ3n) is 4.84. The molecule has 0 bridgehead atoms. The van der Waals surface area contributed by atoms with Gasteiger partial charge in [-0.25, -0.2) is 4.98 Å². The van der Waals surface area contributed by atoms with Crippen LogP contribution < -0.4 is 15.6 Å². The van der Waals surface area contributed by atoms with Crippen LogP contribution in [0.5, 0.6) is 5.75 Å². The fraction of sp³-hybridized carbons (Fsp3) is 0.318. The Morgan fingerprint density at radius 3 is 2.70 bits per heavy atom. The minimum atomic E-state index is -0.411. The van der Waals surface area contributed by atoms with Crippen LogP contribution in [0, 0.1) is 13.8 Å². The molecule has 0 radical (unpaired) electrons. The zero-order chi connectivity index (χ0) is 21.8. The standard InChI is InChI=1S/C22H25N3O3S2/c1-6-11-25-21(27)18-13(2)14(3)29-20(18)24-22(25)30-15(4)19(26)23-12-16-7-9-17(28-5)10-8-16/h6-10,15H,1,11-12H2,2-5H3,(H,23,26). The maximum Gasteiger partial charge on any atom is 0.263 e. The topological polar surface area (TPSA) is 73.2 Å². The summed E-state index contributed by atoms with van der Waals surface area (Å²) < 4.78 is 6.74. The monoisotopic (exact) mass is 443 g/mol. The van der Waals surface area contributed by atoms with E-state index in [2.05, 4.69) is 11.9 Å². The second-order valence-corrected chi connectivity index (χ2v) is 9.40. The molecule has 0 aliphatic rings. The summed E-state index contributed by atoms with van der Waals surface area (Å²) in [5.74, 6) is 0.656. The molecule has 1 N–H and O–H groups in total. The molecule has 1 aromatic carbocycles. The number of hydrogen-bond donors (Lipinski definition) is 1. The number of ether oxygens (including phenoxy) is 1. The Balaban J connectivity index is 1.78. The maximum atomic E-state index is 13.0. The molecule has 1 unspecified atom stereocenters. The van der Waals surface area contributed by atoms with E-state index in [9.17, 15) is 9.59 Å². The van der Waals surface area contributed by atoms with Crippen LogP contribution in [0.3, 0.4) is 0 Å². The molecule has 158 valence electrons. The van der Waals surface area contributed by atoms with Gasteiger partial charge in [-0.3, -0.25) is 14.2 Å². The number of aromatic nitrogens is 2. The first-order valence-electron chi connectivity index (χ1n) is 9.54. The van der Waals surface area contributed by atoms with Gasteiger partial charge in [-0.1, -0.05) is 30.0 Å². The fourth-order valence-electron chi connectivity index (χ4n) is 2.98. The van der Waals surface area contributed by atoms with Crippen molar-refractivity contribution in [3.8, 4) is 5.75 Å². The van der Waals surface area contributed by atoms with E-state index in [0.29, 0.717) is 28.5 Å². The zero-order valence-electron chi connectivity index (χ0n) is 17.5. The largest absolute Gasteiger partial charge is 0.497 e. The summed E-state index contributed by atoms with van der Waals surface area (Å²) in [5, 5.41) is 3.71. The van der Waals surface area contributed by atoms with E-state index in [1.54, 1.807) is 17.8 Å². The van der Waals surface area contributed by atoms with Gasteiger partial charge in [0.15, 0.2) is 5.16 Å². The van der Waals surface area contributed by atoms with Crippen molar-refractivity contribution in [1.29, 1.82) is 0 Å². The number of rotatable bonds is 8. The highest BCUT2D eigenvalue weighted by Gasteiger charge is 2.21. The zero-order valence-corrected chi connectivity index (χ0v) is 19.2. The highest BCUT2D eigenvalue weighted by Crippen LogP contribution is 2.29. The van der Waals surface area contributed by atoms with Gasteiger partial charge in [0.05, 0.1) is 17.7 Å². The number of carbonyl (C=O) groups is 1. The van der Waals surface area contributed by atoms with Crippen LogP contribution in [0.1, 0.15) is 22.9 Å². The predicted octanol–water partition coefficient (Wildman–Crippen LogP) is 4.07. The number of fused-ring (bicyclic) bond motifs is 1. The van der Waals surface area contributed by atoms with Gasteiger partial charge >= 0.3 is 0 Å². The molecule has 0 aliphatic heterocycles. The van der Waals surface area contributed by atoms with Crippen molar-refractivity contribution in [2.45, 2.75) is 44.3 Å². The quantitative estimate of drug-likeness (QED) is 0.323. The lowest BCUT2D eigenvalue weighted by molar-refractivity contribution is -0.120. The normalized spacial score (nSPS) is 12.0. The van der Waals surface area contributed by atoms with Crippen molar-refractivity contribution in [3.63, 3.8) is 0 Å². The van der Waals surface area contributed by atoms with E-state index in [-0.39, 0.29) is 11.5 Å². The van der Waals surface area contributed by atoms with Crippen LogP contribution in [0.15, 0.2) is 46.9 Å². The number of aryl methyl sites for hydroxylation is 2. The van der Waals surface area contributed by atoms with Crippen LogP contribution in [0.4, 0.5) is 0 Å². The molecule has 1 amide bonds. The molecule has 0 saturated carbocycles. The second kappa shape index (κ2) is 9.49. The summed E-state index contributed by atoms with van der Waals surface area (Å²) in [7, 11) is 1.62. The third-order valence-corrected chi connectivity index (χ3v) is 7.03. The van der Waals surface area contributed by atoms with Gasteiger partial charge in [-0.15, -0.1) is 17.9 Å². The van der Waals surface area contributed by atoms with E-state index < -0.39 is 5.25 Å². The fourth-order valence-corrected chi connectivity index (χ4v) is 4.99. The third kappa shape index (κ3) is 4.60. The van der Waals surface area contributed by atoms with Gasteiger partial charge < -0.3 is 10.1 Å². The van der Waals surface area contributed by atoms with Crippen molar-refractivity contribution >= 4 is 39.2 Å². The van der Waals surface area contributed by atoms with Crippen LogP contribution in [0.25, 0.3) is 10.2 Å². The maximum absolute atomic E-state index is 13.0. The van der Waals surface area contributed by atoms with E-state index >= 15 is 0 Å². The summed E-state index contributed by atoms with van der Waals surface area (Å²) in [6, 6.07) is 7.54. The molecule has 0 aliphatic carbocycles. The summed E-state index contributed by atoms with van der Waals surface area (Å²) in [6.45, 7) is 10.3. The number of carbonyl (C=O) groups excluding carboxylic acids is 1. The molecule has 6 nitrogen and oxygen atoms in total. The van der Waals surface area contributed by atoms with Gasteiger partial charge in [0, 0.05) is 18.0 Å². The van der Waals surface area contributed by atoms with Crippen molar-refractivity contribution in [3.05, 3.63) is 63.3 Å². The summed E-state index contributed by atoms with van der Waals surface area (Å²) in [5.41, 5.74) is 1.86. The van der Waals surface area contributed by atoms with E-state index in [1.807, 2.05) is 45.0 Å². The molecule has 3 rings (SSSR count). The highest BCUT2D eigenvalue weighted by atomic mass is 32.2. The molecule has 2 heterocycles. The van der Waals surface area contributed by atoms with Crippen molar-refractivity contribution in [2.75, 3.05) is 7.11 Å². The molecule has 0 spiro atoms. The molecular weight excluding hydrogens is 418 g/mol. The van der Waals surface area contributed by atoms with E-state index in [0.717, 1.165) is 21.8 Å². The van der Waals surface area contributed by atoms with Gasteiger partial charge in [0.25, 0.3) is 5.56 Å². The number of amides is 1. The summed E-state index contributed by atoms with van der Waals surface area (Å²) >= 11 is 2.79. The first-order chi connectivity index (χ1) is 14.3. The molecule has 30 heavy (non-hydrogen) atoms. The Morgan fingerprint density at radius 1 is 1.37 bits per heavy atom. The smallest absolute Gasteiger partial charge is 0.263 e. The number of thiophene rings is 1. The average Bonchev–Trinajstić information content (AvgIpc) is 3.02. The number of methoxy groups -OCH3 is 1. The molecule has 1 atom stereocenters. The Hall–Kier alpha value is -2.58. The Kier molecular flexibility index (Phi) is 6.99. The molecule has 2 aromatic heterocycles. The lowest BCUT2D eigenvalue weighted by Crippen LogP contribution is -2.31. The number of hydrogen-bond acceptors (Lipinski definition) is 6. The van der Waals surface area contributed by atoms with Crippen LogP contribution in [-0.4, -0.2) is 27.8 Å². The molecular formula is C22H25N3O3S2. The van der Waals surface area contributed by atoms with Gasteiger partial charge in [0.1, 0.15) is 10.6 Å². The van der Waals surface area contributed by atoms with E-state index in [1.165, 1.54) is 23.1 Å². The number of thioether (sulfide) groups is 1. The average molecular weight is 444 g/mol. The molecule has 0 saturated heterocycles. The molecule has 0 fully saturated rings. The van der Waals surface area contributed by atoms with E-state index in [4.69, 9.17) is 9.72 Å². The lowest BCUT2D eigenvalue weighted by Gasteiger charge is -2.15. The summed E-state index contributed by atoms with van der Waals surface area (Å²) in [6.07, 6.45) is 1.67. The predicted molar refractivity (Wildman–Crippen MR) is 124 cm³/mol. The first kappa shape index (κ1) is 22.1. The highest BCUT2D eigenvalue weighted by molar-refractivity contribution is 8.00. The Bertz CT molecular complexity index is 1130.